The molecular weight excluding hydrogens is 711 g/mol. The van der Waals surface area contributed by atoms with Crippen molar-refractivity contribution in [2.24, 2.45) is 4.99 Å². The Morgan fingerprint density at radius 2 is 0.880 bits per heavy atom. The average Bonchev–Trinajstić information content (AvgIpc) is 3.11. The molecule has 50 heavy (non-hydrogen) atoms. The average molecular weight is 768 g/mol. The van der Waals surface area contributed by atoms with Crippen LogP contribution in [-0.2, 0) is 0 Å². The van der Waals surface area contributed by atoms with Crippen LogP contribution in [0, 0.1) is 0 Å². The number of nitrogens with one attached hydrogen (secondary N) is 1. The van der Waals surface area contributed by atoms with E-state index >= 15 is 0 Å². The van der Waals surface area contributed by atoms with Gasteiger partial charge in [-0.1, -0.05) is 0 Å². The number of hydrogen-bond acceptors (Lipinski definition) is 2. The number of para-hydroxylation sites is 2. The Morgan fingerprint density at radius 3 is 1.24 bits per heavy atom. The van der Waals surface area contributed by atoms with Crippen LogP contribution in [0.15, 0.2) is 144 Å². The molecule has 3 heteroatoms. The third-order valence-electron chi connectivity index (χ3n) is 9.92. The number of benzene rings is 5. The first kappa shape index (κ1) is 37.4. The number of allylic oxidation sites excluding steroid dienone is 2. The molecule has 5 aromatic rings. The Kier molecular flexibility index (Phi) is 12.6. The summed E-state index contributed by atoms with van der Waals surface area (Å²) < 4.78 is 5.26. The molecule has 0 aromatic heterocycles. The van der Waals surface area contributed by atoms with Crippen LogP contribution >= 0.6 is 0 Å². The molecule has 0 aliphatic heterocycles. The van der Waals surface area contributed by atoms with Crippen molar-refractivity contribution in [3.05, 3.63) is 161 Å². The van der Waals surface area contributed by atoms with Crippen LogP contribution in [0.2, 0.25) is 4.44 Å². The van der Waals surface area contributed by atoms with Gasteiger partial charge in [0.25, 0.3) is 0 Å². The van der Waals surface area contributed by atoms with E-state index < -0.39 is 18.4 Å². The fourth-order valence-electron chi connectivity index (χ4n) is 7.33. The van der Waals surface area contributed by atoms with E-state index in [1.165, 1.54) is 38.7 Å². The van der Waals surface area contributed by atoms with E-state index in [0.717, 1.165) is 21.5 Å². The van der Waals surface area contributed by atoms with E-state index in [4.69, 9.17) is 4.99 Å². The third kappa shape index (κ3) is 8.35. The van der Waals surface area contributed by atoms with Crippen LogP contribution in [0.3, 0.4) is 0 Å². The predicted octanol–water partition coefficient (Wildman–Crippen LogP) is 11.4. The molecule has 0 amide bonds. The van der Waals surface area contributed by atoms with Crippen molar-refractivity contribution in [2.75, 3.05) is 5.32 Å². The number of rotatable bonds is 13. The van der Waals surface area contributed by atoms with Crippen LogP contribution in [-0.4, -0.2) is 24.1 Å². The monoisotopic (exact) mass is 768 g/mol. The molecule has 258 valence electrons. The Hall–Kier alpha value is -3.89. The number of nitrogens with zero attached hydrogens (tertiary/aromatic N) is 1. The number of anilines is 1. The summed E-state index contributed by atoms with van der Waals surface area (Å²) in [6.07, 6.45) is 2.36. The minimum absolute atomic E-state index is 0.356. The second-order valence-electron chi connectivity index (χ2n) is 15.0. The van der Waals surface area contributed by atoms with Gasteiger partial charge in [0.2, 0.25) is 0 Å². The van der Waals surface area contributed by atoms with E-state index in [0.29, 0.717) is 23.7 Å². The van der Waals surface area contributed by atoms with Gasteiger partial charge in [-0.15, -0.1) is 0 Å². The summed E-state index contributed by atoms with van der Waals surface area (Å²) in [5.74, 6) is 1.52. The van der Waals surface area contributed by atoms with Gasteiger partial charge in [-0.25, -0.2) is 0 Å². The van der Waals surface area contributed by atoms with Gasteiger partial charge in [0, 0.05) is 0 Å². The molecule has 0 aliphatic rings. The van der Waals surface area contributed by atoms with Gasteiger partial charge in [0.15, 0.2) is 0 Å². The Morgan fingerprint density at radius 1 is 0.520 bits per heavy atom. The molecule has 0 saturated carbocycles. The van der Waals surface area contributed by atoms with Crippen LogP contribution < -0.4 is 16.1 Å². The van der Waals surface area contributed by atoms with Gasteiger partial charge in [0.05, 0.1) is 0 Å². The molecule has 0 heterocycles. The SMILES string of the molecule is C/C(=C\C([CH2][Sn]([c]1ccccc1)([c]1ccccc1)[c]1ccccc1)=Nc1c(C(C)C)cccc1C(C)C)Nc1c(C(C)C)cccc1C(C)C. The molecule has 0 atom stereocenters. The summed E-state index contributed by atoms with van der Waals surface area (Å²) in [5, 5.41) is 3.94. The zero-order chi connectivity index (χ0) is 35.8. The molecular formula is C47H56N2Sn. The first-order valence-corrected chi connectivity index (χ1v) is 24.8. The Balaban J connectivity index is 1.81. The summed E-state index contributed by atoms with van der Waals surface area (Å²) in [7, 11) is 0. The van der Waals surface area contributed by atoms with Crippen molar-refractivity contribution in [2.45, 2.75) is 90.4 Å². The fraction of sp³-hybridized carbons (Fsp3) is 0.298. The molecule has 0 bridgehead atoms. The van der Waals surface area contributed by atoms with Crippen LogP contribution in [0.5, 0.6) is 0 Å². The van der Waals surface area contributed by atoms with Gasteiger partial charge >= 0.3 is 308 Å². The third-order valence-corrected chi connectivity index (χ3v) is 23.8. The van der Waals surface area contributed by atoms with Crippen LogP contribution in [0.25, 0.3) is 0 Å². The minimum atomic E-state index is -3.76. The van der Waals surface area contributed by atoms with E-state index in [1.807, 2.05) is 0 Å². The van der Waals surface area contributed by atoms with Crippen LogP contribution in [0.4, 0.5) is 11.4 Å². The second-order valence-corrected chi connectivity index (χ2v) is 26.1. The van der Waals surface area contributed by atoms with Crippen molar-refractivity contribution < 1.29 is 0 Å². The first-order chi connectivity index (χ1) is 24.0. The van der Waals surface area contributed by atoms with Crippen LogP contribution in [0.1, 0.15) is 108 Å². The summed E-state index contributed by atoms with van der Waals surface area (Å²) in [6, 6.07) is 47.5. The molecule has 1 N–H and O–H groups in total. The zero-order valence-electron chi connectivity index (χ0n) is 31.7. The maximum atomic E-state index is 5.81. The van der Waals surface area contributed by atoms with Crippen molar-refractivity contribution in [3.63, 3.8) is 0 Å². The fourth-order valence-corrected chi connectivity index (χ4v) is 20.5. The molecule has 2 nitrogen and oxygen atoms in total. The van der Waals surface area contributed by atoms with Crippen molar-refractivity contribution in [1.82, 2.24) is 0 Å². The van der Waals surface area contributed by atoms with Gasteiger partial charge in [-0.2, -0.15) is 0 Å². The molecule has 0 saturated heterocycles. The normalized spacial score (nSPS) is 12.7. The van der Waals surface area contributed by atoms with E-state index in [2.05, 4.69) is 201 Å². The molecule has 5 aromatic carbocycles. The van der Waals surface area contributed by atoms with Crippen molar-refractivity contribution in [3.8, 4) is 0 Å². The molecule has 0 radical (unpaired) electrons. The standard InChI is InChI=1S/C29H41N2.3C6H5.Sn/c1-18(2)24-13-11-14-25(19(3)4)28(24)30-22(9)17-23(10)31-29-26(20(5)6)15-12-16-27(29)21(7)8;3*1-2-4-6-5-3-1;/h11-21,31H,9H2,1-8,10H3;3*1-5H;/b23-17+,30-22?;;;;. The van der Waals surface area contributed by atoms with Crippen molar-refractivity contribution in [1.29, 1.82) is 0 Å². The molecule has 0 spiro atoms. The van der Waals surface area contributed by atoms with Crippen molar-refractivity contribution >= 4 is 46.2 Å². The van der Waals surface area contributed by atoms with E-state index in [1.54, 1.807) is 0 Å². The molecule has 0 fully saturated rings. The number of aliphatic imine (C=N–C) groups is 1. The molecule has 0 aliphatic carbocycles. The summed E-state index contributed by atoms with van der Waals surface area (Å²) in [5.41, 5.74) is 9.92. The topological polar surface area (TPSA) is 24.4 Å². The predicted molar refractivity (Wildman–Crippen MR) is 223 cm³/mol. The number of hydrogen-bond donors (Lipinski definition) is 1. The quantitative estimate of drug-likeness (QED) is 0.0936. The van der Waals surface area contributed by atoms with E-state index in [-0.39, 0.29) is 0 Å². The Bertz CT molecular complexity index is 1750. The summed E-state index contributed by atoms with van der Waals surface area (Å²) in [4.78, 5) is 5.81. The van der Waals surface area contributed by atoms with Gasteiger partial charge in [0.1, 0.15) is 0 Å². The molecule has 0 unspecified atom stereocenters. The van der Waals surface area contributed by atoms with Gasteiger partial charge in [-0.05, 0) is 0 Å². The first-order valence-electron chi connectivity index (χ1n) is 18.5. The Labute approximate surface area is 306 Å². The second kappa shape index (κ2) is 16.9. The maximum absolute atomic E-state index is 5.81. The van der Waals surface area contributed by atoms with Gasteiger partial charge < -0.3 is 0 Å². The van der Waals surface area contributed by atoms with Gasteiger partial charge in [-0.3, -0.25) is 0 Å². The van der Waals surface area contributed by atoms with E-state index in [9.17, 15) is 0 Å². The summed E-state index contributed by atoms with van der Waals surface area (Å²) in [6.45, 7) is 20.5. The zero-order valence-corrected chi connectivity index (χ0v) is 34.5. The summed E-state index contributed by atoms with van der Waals surface area (Å²) >= 11 is -3.76. The molecule has 5 rings (SSSR count).